The first-order valence-electron chi connectivity index (χ1n) is 7.99. The molecule has 5 heteroatoms. The molecule has 25 heavy (non-hydrogen) atoms. The van der Waals surface area contributed by atoms with Crippen molar-refractivity contribution in [2.75, 3.05) is 19.1 Å². The summed E-state index contributed by atoms with van der Waals surface area (Å²) in [5, 5.41) is 13.4. The number of benzene rings is 3. The van der Waals surface area contributed by atoms with Gasteiger partial charge in [0.25, 0.3) is 0 Å². The fourth-order valence-corrected chi connectivity index (χ4v) is 3.28. The van der Waals surface area contributed by atoms with Gasteiger partial charge in [0, 0.05) is 17.0 Å². The molecule has 0 saturated carbocycles. The van der Waals surface area contributed by atoms with E-state index < -0.39 is 0 Å². The molecule has 0 spiro atoms. The van der Waals surface area contributed by atoms with Crippen molar-refractivity contribution in [2.24, 2.45) is 5.84 Å². The molecule has 0 aliphatic rings. The molecule has 0 heterocycles. The van der Waals surface area contributed by atoms with Gasteiger partial charge in [0.15, 0.2) is 0 Å². The van der Waals surface area contributed by atoms with Crippen LogP contribution in [0.1, 0.15) is 17.2 Å². The van der Waals surface area contributed by atoms with Crippen molar-refractivity contribution in [1.82, 2.24) is 4.90 Å². The largest absolute Gasteiger partial charge is 0.507 e. The van der Waals surface area contributed by atoms with Gasteiger partial charge in [0.05, 0.1) is 11.7 Å². The van der Waals surface area contributed by atoms with E-state index in [1.807, 2.05) is 68.7 Å². The van der Waals surface area contributed by atoms with Gasteiger partial charge in [-0.3, -0.25) is 14.7 Å². The Balaban J connectivity index is 2.32. The molecule has 5 nitrogen and oxygen atoms in total. The fourth-order valence-electron chi connectivity index (χ4n) is 3.28. The summed E-state index contributed by atoms with van der Waals surface area (Å²) < 4.78 is 0. The van der Waals surface area contributed by atoms with Crippen LogP contribution in [0.15, 0.2) is 60.7 Å². The van der Waals surface area contributed by atoms with Gasteiger partial charge in [-0.1, -0.05) is 54.6 Å². The van der Waals surface area contributed by atoms with Gasteiger partial charge in [-0.15, -0.1) is 0 Å². The zero-order valence-corrected chi connectivity index (χ0v) is 14.3. The van der Waals surface area contributed by atoms with Gasteiger partial charge in [-0.2, -0.15) is 0 Å². The lowest BCUT2D eigenvalue weighted by molar-refractivity contribution is -0.107. The summed E-state index contributed by atoms with van der Waals surface area (Å²) in [6, 6.07) is 19.0. The summed E-state index contributed by atoms with van der Waals surface area (Å²) in [7, 11) is 3.95. The molecule has 0 bridgehead atoms. The number of amides is 1. The molecule has 1 amide bonds. The third-order valence-corrected chi connectivity index (χ3v) is 4.34. The molecular weight excluding hydrogens is 314 g/mol. The number of aromatic hydroxyl groups is 1. The van der Waals surface area contributed by atoms with Gasteiger partial charge in [0.2, 0.25) is 6.41 Å². The molecule has 3 rings (SSSR count). The van der Waals surface area contributed by atoms with Crippen molar-refractivity contribution >= 4 is 22.9 Å². The number of hydrogen-bond acceptors (Lipinski definition) is 4. The highest BCUT2D eigenvalue weighted by molar-refractivity contribution is 6.01. The van der Waals surface area contributed by atoms with Crippen molar-refractivity contribution in [3.05, 3.63) is 71.8 Å². The molecule has 0 fully saturated rings. The van der Waals surface area contributed by atoms with E-state index in [4.69, 9.17) is 5.84 Å². The number of hydrazine groups is 1. The summed E-state index contributed by atoms with van der Waals surface area (Å²) in [4.78, 5) is 13.2. The summed E-state index contributed by atoms with van der Waals surface area (Å²) >= 11 is 0. The Morgan fingerprint density at radius 1 is 1.00 bits per heavy atom. The predicted octanol–water partition coefficient (Wildman–Crippen LogP) is 3.03. The quantitative estimate of drug-likeness (QED) is 0.325. The average molecular weight is 335 g/mol. The SMILES string of the molecule is CN(C)C(c1ccccc1)c1c(O)cc(N(N)C=O)c2ccccc12. The van der Waals surface area contributed by atoms with Crippen molar-refractivity contribution in [3.63, 3.8) is 0 Å². The lowest BCUT2D eigenvalue weighted by Gasteiger charge is -2.28. The fraction of sp³-hybridized carbons (Fsp3) is 0.150. The molecule has 0 aliphatic carbocycles. The van der Waals surface area contributed by atoms with Crippen LogP contribution in [-0.2, 0) is 4.79 Å². The average Bonchev–Trinajstić information content (AvgIpc) is 2.63. The second-order valence-corrected chi connectivity index (χ2v) is 6.16. The first-order valence-corrected chi connectivity index (χ1v) is 7.99. The maximum absolute atomic E-state index is 11.1. The number of anilines is 1. The minimum absolute atomic E-state index is 0.105. The number of carbonyl (C=O) groups is 1. The van der Waals surface area contributed by atoms with Crippen molar-refractivity contribution < 1.29 is 9.90 Å². The van der Waals surface area contributed by atoms with E-state index in [1.54, 1.807) is 6.07 Å². The smallest absolute Gasteiger partial charge is 0.228 e. The lowest BCUT2D eigenvalue weighted by Crippen LogP contribution is -2.29. The molecule has 3 N–H and O–H groups in total. The van der Waals surface area contributed by atoms with Gasteiger partial charge < -0.3 is 5.11 Å². The third kappa shape index (κ3) is 3.07. The van der Waals surface area contributed by atoms with Crippen LogP contribution in [0.2, 0.25) is 0 Å². The molecule has 0 aromatic heterocycles. The number of fused-ring (bicyclic) bond motifs is 1. The van der Waals surface area contributed by atoms with Crippen molar-refractivity contribution in [2.45, 2.75) is 6.04 Å². The Bertz CT molecular complexity index is 894. The monoisotopic (exact) mass is 335 g/mol. The predicted molar refractivity (Wildman–Crippen MR) is 100 cm³/mol. The number of hydrogen-bond donors (Lipinski definition) is 2. The third-order valence-electron chi connectivity index (χ3n) is 4.34. The summed E-state index contributed by atoms with van der Waals surface area (Å²) in [5.41, 5.74) is 2.33. The summed E-state index contributed by atoms with van der Waals surface area (Å²) in [6.07, 6.45) is 0.529. The molecule has 3 aromatic carbocycles. The van der Waals surface area contributed by atoms with Crippen LogP contribution < -0.4 is 10.9 Å². The van der Waals surface area contributed by atoms with E-state index in [0.29, 0.717) is 12.1 Å². The Kier molecular flexibility index (Phi) is 4.70. The Morgan fingerprint density at radius 3 is 2.20 bits per heavy atom. The normalized spacial score (nSPS) is 12.3. The van der Waals surface area contributed by atoms with E-state index in [-0.39, 0.29) is 11.8 Å². The van der Waals surface area contributed by atoms with Crippen LogP contribution in [0, 0.1) is 0 Å². The molecule has 1 atom stereocenters. The first kappa shape index (κ1) is 17.0. The van der Waals surface area contributed by atoms with E-state index in [9.17, 15) is 9.90 Å². The van der Waals surface area contributed by atoms with Crippen LogP contribution in [0.5, 0.6) is 5.75 Å². The Labute approximate surface area is 146 Å². The highest BCUT2D eigenvalue weighted by atomic mass is 16.3. The second kappa shape index (κ2) is 6.93. The van der Waals surface area contributed by atoms with Crippen molar-refractivity contribution in [1.29, 1.82) is 0 Å². The molecule has 1 unspecified atom stereocenters. The van der Waals surface area contributed by atoms with Crippen molar-refractivity contribution in [3.8, 4) is 5.75 Å². The van der Waals surface area contributed by atoms with Gasteiger partial charge >= 0.3 is 0 Å². The standard InChI is InChI=1S/C20H21N3O2/c1-22(2)20(14-8-4-3-5-9-14)19-16-11-7-6-10-15(16)17(12-18(19)25)23(21)13-24/h3-13,20,25H,21H2,1-2H3. The highest BCUT2D eigenvalue weighted by Gasteiger charge is 2.24. The minimum atomic E-state index is -0.136. The van der Waals surface area contributed by atoms with E-state index in [2.05, 4.69) is 4.90 Å². The molecule has 0 saturated heterocycles. The maximum Gasteiger partial charge on any atom is 0.228 e. The molecule has 0 radical (unpaired) electrons. The van der Waals surface area contributed by atoms with Crippen LogP contribution in [-0.4, -0.2) is 30.5 Å². The summed E-state index contributed by atoms with van der Waals surface area (Å²) in [6.45, 7) is 0. The zero-order chi connectivity index (χ0) is 18.0. The Hall–Kier alpha value is -2.89. The number of phenols is 1. The van der Waals surface area contributed by atoms with E-state index in [1.165, 1.54) is 0 Å². The van der Waals surface area contributed by atoms with Gasteiger partial charge in [0.1, 0.15) is 5.75 Å². The molecule has 128 valence electrons. The maximum atomic E-state index is 11.1. The van der Waals surface area contributed by atoms with Gasteiger partial charge in [-0.25, -0.2) is 5.84 Å². The number of phenolic OH excluding ortho intramolecular Hbond substituents is 1. The molecule has 0 aliphatic heterocycles. The topological polar surface area (TPSA) is 69.8 Å². The number of nitrogens with two attached hydrogens (primary N) is 1. The van der Waals surface area contributed by atoms with E-state index >= 15 is 0 Å². The zero-order valence-electron chi connectivity index (χ0n) is 14.3. The lowest BCUT2D eigenvalue weighted by atomic mass is 9.91. The summed E-state index contributed by atoms with van der Waals surface area (Å²) in [5.74, 6) is 5.88. The highest BCUT2D eigenvalue weighted by Crippen LogP contribution is 2.41. The molecular formula is C20H21N3O2. The van der Waals surface area contributed by atoms with Crippen LogP contribution in [0.4, 0.5) is 5.69 Å². The number of rotatable bonds is 5. The number of nitrogens with zero attached hydrogens (tertiary/aromatic N) is 2. The minimum Gasteiger partial charge on any atom is -0.507 e. The second-order valence-electron chi connectivity index (χ2n) is 6.16. The van der Waals surface area contributed by atoms with Crippen LogP contribution in [0.3, 0.4) is 0 Å². The number of carbonyl (C=O) groups excluding carboxylic acids is 1. The van der Waals surface area contributed by atoms with E-state index in [0.717, 1.165) is 26.9 Å². The van der Waals surface area contributed by atoms with Gasteiger partial charge in [-0.05, 0) is 25.0 Å². The Morgan fingerprint density at radius 2 is 1.60 bits per heavy atom. The molecule has 3 aromatic rings. The van der Waals surface area contributed by atoms with Crippen LogP contribution >= 0.6 is 0 Å². The van der Waals surface area contributed by atoms with Crippen LogP contribution in [0.25, 0.3) is 10.8 Å². The first-order chi connectivity index (χ1) is 12.0.